The number of ether oxygens (including phenoxy) is 2. The van der Waals surface area contributed by atoms with Crippen molar-refractivity contribution in [2.24, 2.45) is 23.7 Å². The summed E-state index contributed by atoms with van der Waals surface area (Å²) in [6.07, 6.45) is 6.07. The number of rotatable bonds is 9. The Morgan fingerprint density at radius 3 is 1.93 bits per heavy atom. The lowest BCUT2D eigenvalue weighted by atomic mass is 9.83. The van der Waals surface area contributed by atoms with Crippen LogP contribution < -0.4 is 0 Å². The van der Waals surface area contributed by atoms with E-state index in [4.69, 9.17) is 9.47 Å². The van der Waals surface area contributed by atoms with E-state index in [-0.39, 0.29) is 24.5 Å². The SMILES string of the molecule is CC(C)(C)OC(=O)[C@@H](CC1CC1)[C@@H](CC1CC1)C(=O)OCc1ccccc1. The van der Waals surface area contributed by atoms with Crippen molar-refractivity contribution >= 4 is 11.9 Å². The van der Waals surface area contributed by atoms with Gasteiger partial charge in [-0.2, -0.15) is 0 Å². The first-order chi connectivity index (χ1) is 12.8. The van der Waals surface area contributed by atoms with Crippen molar-refractivity contribution in [1.82, 2.24) is 0 Å². The monoisotopic (exact) mass is 372 g/mol. The molecule has 2 atom stereocenters. The van der Waals surface area contributed by atoms with E-state index >= 15 is 0 Å². The largest absolute Gasteiger partial charge is 0.461 e. The molecule has 1 aromatic carbocycles. The van der Waals surface area contributed by atoms with Crippen molar-refractivity contribution < 1.29 is 19.1 Å². The maximum atomic E-state index is 13.0. The number of hydrogen-bond donors (Lipinski definition) is 0. The second-order valence-corrected chi connectivity index (χ2v) is 9.20. The molecule has 0 bridgehead atoms. The van der Waals surface area contributed by atoms with Crippen LogP contribution in [0.25, 0.3) is 0 Å². The van der Waals surface area contributed by atoms with Crippen LogP contribution in [-0.2, 0) is 25.7 Å². The van der Waals surface area contributed by atoms with E-state index < -0.39 is 11.5 Å². The highest BCUT2D eigenvalue weighted by Gasteiger charge is 2.43. The third-order valence-corrected chi connectivity index (χ3v) is 5.29. The number of esters is 2. The van der Waals surface area contributed by atoms with E-state index in [1.165, 1.54) is 0 Å². The molecule has 0 aromatic heterocycles. The van der Waals surface area contributed by atoms with Crippen LogP contribution in [0.1, 0.15) is 64.9 Å². The summed E-state index contributed by atoms with van der Waals surface area (Å²) < 4.78 is 11.3. The molecule has 148 valence electrons. The molecule has 0 radical (unpaired) electrons. The summed E-state index contributed by atoms with van der Waals surface area (Å²) in [5.74, 6) is -0.175. The van der Waals surface area contributed by atoms with Crippen LogP contribution in [0.2, 0.25) is 0 Å². The van der Waals surface area contributed by atoms with Crippen LogP contribution >= 0.6 is 0 Å². The summed E-state index contributed by atoms with van der Waals surface area (Å²) in [6.45, 7) is 5.89. The van der Waals surface area contributed by atoms with Crippen LogP contribution in [0, 0.1) is 23.7 Å². The Kier molecular flexibility index (Phi) is 6.23. The van der Waals surface area contributed by atoms with Gasteiger partial charge in [0.2, 0.25) is 0 Å². The van der Waals surface area contributed by atoms with Crippen molar-refractivity contribution in [1.29, 1.82) is 0 Å². The number of hydrogen-bond acceptors (Lipinski definition) is 4. The predicted molar refractivity (Wildman–Crippen MR) is 104 cm³/mol. The van der Waals surface area contributed by atoms with E-state index in [2.05, 4.69) is 0 Å². The van der Waals surface area contributed by atoms with Crippen molar-refractivity contribution in [2.45, 2.75) is 71.5 Å². The minimum absolute atomic E-state index is 0.239. The van der Waals surface area contributed by atoms with E-state index in [1.54, 1.807) is 0 Å². The summed E-state index contributed by atoms with van der Waals surface area (Å²) in [5, 5.41) is 0. The molecule has 2 aliphatic rings. The Morgan fingerprint density at radius 1 is 0.926 bits per heavy atom. The minimum atomic E-state index is -0.545. The fraction of sp³-hybridized carbons (Fsp3) is 0.652. The molecule has 0 amide bonds. The molecule has 27 heavy (non-hydrogen) atoms. The topological polar surface area (TPSA) is 52.6 Å². The first-order valence-electron chi connectivity index (χ1n) is 10.3. The summed E-state index contributed by atoms with van der Waals surface area (Å²) in [4.78, 5) is 25.9. The maximum Gasteiger partial charge on any atom is 0.310 e. The summed E-state index contributed by atoms with van der Waals surface area (Å²) in [5.41, 5.74) is 0.420. The highest BCUT2D eigenvalue weighted by atomic mass is 16.6. The second-order valence-electron chi connectivity index (χ2n) is 9.20. The third kappa shape index (κ3) is 6.67. The normalized spacial score (nSPS) is 19.2. The molecule has 3 rings (SSSR count). The number of carbonyl (C=O) groups is 2. The van der Waals surface area contributed by atoms with Crippen LogP contribution in [0.4, 0.5) is 0 Å². The van der Waals surface area contributed by atoms with Gasteiger partial charge in [-0.3, -0.25) is 9.59 Å². The van der Waals surface area contributed by atoms with Gasteiger partial charge < -0.3 is 9.47 Å². The fourth-order valence-electron chi connectivity index (χ4n) is 3.49. The molecule has 0 unspecified atom stereocenters. The lowest BCUT2D eigenvalue weighted by Gasteiger charge is -2.28. The number of carbonyl (C=O) groups excluding carboxylic acids is 2. The van der Waals surface area contributed by atoms with E-state index in [1.807, 2.05) is 51.1 Å². The predicted octanol–water partition coefficient (Wildman–Crippen LogP) is 4.90. The highest BCUT2D eigenvalue weighted by molar-refractivity contribution is 5.82. The first-order valence-corrected chi connectivity index (χ1v) is 10.3. The summed E-state index contributed by atoms with van der Waals surface area (Å²) in [6, 6.07) is 9.69. The summed E-state index contributed by atoms with van der Waals surface area (Å²) in [7, 11) is 0. The molecular weight excluding hydrogens is 340 g/mol. The highest BCUT2D eigenvalue weighted by Crippen LogP contribution is 2.43. The molecule has 1 aromatic rings. The molecule has 2 fully saturated rings. The Labute approximate surface area is 162 Å². The quantitative estimate of drug-likeness (QED) is 0.578. The second kappa shape index (κ2) is 8.45. The molecule has 0 saturated heterocycles. The standard InChI is InChI=1S/C23H32O4/c1-23(2,3)27-22(25)20(14-17-11-12-17)19(13-16-9-10-16)21(24)26-15-18-7-5-4-6-8-18/h4-8,16-17,19-20H,9-15H2,1-3H3/t19-,20+/m1/s1. The third-order valence-electron chi connectivity index (χ3n) is 5.29. The molecule has 0 heterocycles. The lowest BCUT2D eigenvalue weighted by Crippen LogP contribution is -2.37. The molecule has 2 saturated carbocycles. The zero-order valence-electron chi connectivity index (χ0n) is 16.8. The molecule has 0 N–H and O–H groups in total. The Hall–Kier alpha value is -1.84. The van der Waals surface area contributed by atoms with Gasteiger partial charge in [0.05, 0.1) is 11.8 Å². The molecular formula is C23H32O4. The van der Waals surface area contributed by atoms with Crippen LogP contribution in [-0.4, -0.2) is 17.5 Å². The molecule has 0 aliphatic heterocycles. The van der Waals surface area contributed by atoms with Gasteiger partial charge in [0, 0.05) is 0 Å². The molecule has 0 spiro atoms. The fourth-order valence-corrected chi connectivity index (χ4v) is 3.49. The molecule has 4 heteroatoms. The van der Waals surface area contributed by atoms with Crippen molar-refractivity contribution in [3.8, 4) is 0 Å². The Balaban J connectivity index is 1.70. The van der Waals surface area contributed by atoms with Gasteiger partial charge in [-0.15, -0.1) is 0 Å². The van der Waals surface area contributed by atoms with Gasteiger partial charge in [0.15, 0.2) is 0 Å². The van der Waals surface area contributed by atoms with E-state index in [0.717, 1.165) is 44.1 Å². The van der Waals surface area contributed by atoms with E-state index in [0.29, 0.717) is 11.8 Å². The van der Waals surface area contributed by atoms with Gasteiger partial charge in [0.1, 0.15) is 12.2 Å². The van der Waals surface area contributed by atoms with Gasteiger partial charge in [-0.05, 0) is 51.0 Å². The first kappa shape index (κ1) is 19.9. The molecule has 2 aliphatic carbocycles. The van der Waals surface area contributed by atoms with Gasteiger partial charge >= 0.3 is 11.9 Å². The zero-order chi connectivity index (χ0) is 19.4. The van der Waals surface area contributed by atoms with Crippen molar-refractivity contribution in [2.75, 3.05) is 0 Å². The minimum Gasteiger partial charge on any atom is -0.461 e. The number of benzene rings is 1. The Bertz CT molecular complexity index is 638. The van der Waals surface area contributed by atoms with Crippen molar-refractivity contribution in [3.63, 3.8) is 0 Å². The average Bonchev–Trinajstić information content (AvgIpc) is 3.50. The summed E-state index contributed by atoms with van der Waals surface area (Å²) >= 11 is 0. The maximum absolute atomic E-state index is 13.0. The zero-order valence-corrected chi connectivity index (χ0v) is 16.8. The van der Waals surface area contributed by atoms with Crippen LogP contribution in [0.5, 0.6) is 0 Å². The Morgan fingerprint density at radius 2 is 1.44 bits per heavy atom. The van der Waals surface area contributed by atoms with Gasteiger partial charge in [0.25, 0.3) is 0 Å². The molecule has 4 nitrogen and oxygen atoms in total. The average molecular weight is 373 g/mol. The van der Waals surface area contributed by atoms with Crippen LogP contribution in [0.15, 0.2) is 30.3 Å². The van der Waals surface area contributed by atoms with E-state index in [9.17, 15) is 9.59 Å². The lowest BCUT2D eigenvalue weighted by molar-refractivity contribution is -0.169. The van der Waals surface area contributed by atoms with Crippen molar-refractivity contribution in [3.05, 3.63) is 35.9 Å². The smallest absolute Gasteiger partial charge is 0.310 e. The van der Waals surface area contributed by atoms with Gasteiger partial charge in [-0.25, -0.2) is 0 Å². The van der Waals surface area contributed by atoms with Crippen LogP contribution in [0.3, 0.4) is 0 Å². The van der Waals surface area contributed by atoms with Gasteiger partial charge in [-0.1, -0.05) is 56.0 Å².